The predicted octanol–water partition coefficient (Wildman–Crippen LogP) is 6.50. The van der Waals surface area contributed by atoms with Gasteiger partial charge in [0.05, 0.1) is 25.0 Å². The molecule has 1 amide bonds. The Balaban J connectivity index is 1.87. The van der Waals surface area contributed by atoms with Crippen LogP contribution in [0.3, 0.4) is 0 Å². The van der Waals surface area contributed by atoms with Gasteiger partial charge in [-0.05, 0) is 54.8 Å². The van der Waals surface area contributed by atoms with Gasteiger partial charge in [0.25, 0.3) is 5.91 Å². The molecule has 7 nitrogen and oxygen atoms in total. The molecule has 0 spiro atoms. The average molecular weight is 499 g/mol. The topological polar surface area (TPSA) is 92.0 Å². The van der Waals surface area contributed by atoms with E-state index in [0.29, 0.717) is 28.0 Å². The van der Waals surface area contributed by atoms with Gasteiger partial charge in [-0.2, -0.15) is 0 Å². The Hall–Kier alpha value is -3.55. The summed E-state index contributed by atoms with van der Waals surface area (Å²) in [6.07, 6.45) is 4.18. The van der Waals surface area contributed by atoms with E-state index >= 15 is 0 Å². The van der Waals surface area contributed by atoms with E-state index in [0.717, 1.165) is 31.4 Å². The van der Waals surface area contributed by atoms with Gasteiger partial charge in [-0.25, -0.2) is 4.39 Å². The second kappa shape index (κ2) is 12.4. The number of anilines is 1. The van der Waals surface area contributed by atoms with Crippen molar-refractivity contribution in [2.75, 3.05) is 26.0 Å². The fourth-order valence-corrected chi connectivity index (χ4v) is 4.30. The van der Waals surface area contributed by atoms with E-state index in [4.69, 9.17) is 14.3 Å². The standard InChI is InChI=1S/C28H35FN2O5/c1-5-6-7-8-18(2)25(27-26(35-4)22-17-20(29)11-14-23(22)36-27)30-21-12-9-19(10-13-21)28(34)31(3)16-15-24(32)33/h9-14,17-18,25,30H,5-8,15-16H2,1-4H3,(H,32,33). The molecule has 0 saturated carbocycles. The number of ether oxygens (including phenoxy) is 1. The third kappa shape index (κ3) is 6.56. The summed E-state index contributed by atoms with van der Waals surface area (Å²) in [7, 11) is 3.14. The number of nitrogens with one attached hydrogen (secondary N) is 1. The zero-order chi connectivity index (χ0) is 26.2. The molecule has 3 rings (SSSR count). The number of aliphatic carboxylic acids is 1. The van der Waals surface area contributed by atoms with Crippen molar-refractivity contribution in [3.05, 3.63) is 59.6 Å². The van der Waals surface area contributed by atoms with Crippen molar-refractivity contribution in [3.8, 4) is 5.75 Å². The summed E-state index contributed by atoms with van der Waals surface area (Å²) >= 11 is 0. The highest BCUT2D eigenvalue weighted by molar-refractivity contribution is 5.94. The Morgan fingerprint density at radius 2 is 1.89 bits per heavy atom. The summed E-state index contributed by atoms with van der Waals surface area (Å²) in [6.45, 7) is 4.45. The molecule has 1 heterocycles. The van der Waals surface area contributed by atoms with Crippen molar-refractivity contribution in [3.63, 3.8) is 0 Å². The zero-order valence-electron chi connectivity index (χ0n) is 21.3. The van der Waals surface area contributed by atoms with E-state index < -0.39 is 5.97 Å². The molecular formula is C28H35FN2O5. The molecule has 0 aliphatic carbocycles. The summed E-state index contributed by atoms with van der Waals surface area (Å²) < 4.78 is 25.8. The van der Waals surface area contributed by atoms with Crippen LogP contribution in [0.1, 0.15) is 68.1 Å². The Morgan fingerprint density at radius 3 is 2.53 bits per heavy atom. The lowest BCUT2D eigenvalue weighted by Gasteiger charge is -2.25. The van der Waals surface area contributed by atoms with Crippen LogP contribution in [0.5, 0.6) is 5.75 Å². The number of furan rings is 1. The lowest BCUT2D eigenvalue weighted by molar-refractivity contribution is -0.137. The molecule has 194 valence electrons. The summed E-state index contributed by atoms with van der Waals surface area (Å²) in [4.78, 5) is 24.8. The van der Waals surface area contributed by atoms with Gasteiger partial charge >= 0.3 is 5.97 Å². The maximum atomic E-state index is 13.9. The quantitative estimate of drug-likeness (QED) is 0.262. The molecule has 0 aliphatic heterocycles. The number of carbonyl (C=O) groups excluding carboxylic acids is 1. The van der Waals surface area contributed by atoms with Gasteiger partial charge < -0.3 is 24.5 Å². The number of amides is 1. The van der Waals surface area contributed by atoms with Crippen LogP contribution in [0.25, 0.3) is 11.0 Å². The second-order valence-corrected chi connectivity index (χ2v) is 9.18. The number of fused-ring (bicyclic) bond motifs is 1. The van der Waals surface area contributed by atoms with Gasteiger partial charge in [-0.3, -0.25) is 9.59 Å². The molecular weight excluding hydrogens is 463 g/mol. The first-order chi connectivity index (χ1) is 17.2. The van der Waals surface area contributed by atoms with Crippen molar-refractivity contribution in [1.82, 2.24) is 4.90 Å². The molecule has 3 aromatic rings. The number of hydrogen-bond acceptors (Lipinski definition) is 5. The SMILES string of the molecule is CCCCCC(C)C(Nc1ccc(C(=O)N(C)CCC(=O)O)cc1)c1oc2ccc(F)cc2c1OC. The molecule has 0 radical (unpaired) electrons. The van der Waals surface area contributed by atoms with Crippen LogP contribution in [0.2, 0.25) is 0 Å². The first-order valence-corrected chi connectivity index (χ1v) is 12.3. The van der Waals surface area contributed by atoms with Crippen LogP contribution in [-0.4, -0.2) is 42.6 Å². The number of carboxylic acids is 1. The van der Waals surface area contributed by atoms with Gasteiger partial charge in [0, 0.05) is 24.8 Å². The van der Waals surface area contributed by atoms with Crippen molar-refractivity contribution < 1.29 is 28.2 Å². The fraction of sp³-hybridized carbons (Fsp3) is 0.429. The summed E-state index contributed by atoms with van der Waals surface area (Å²) in [6, 6.07) is 11.2. The van der Waals surface area contributed by atoms with Gasteiger partial charge in [0.2, 0.25) is 0 Å². The lowest BCUT2D eigenvalue weighted by atomic mass is 9.92. The average Bonchev–Trinajstić information content (AvgIpc) is 3.22. The molecule has 36 heavy (non-hydrogen) atoms. The molecule has 0 aliphatic rings. The van der Waals surface area contributed by atoms with Crippen LogP contribution in [0, 0.1) is 11.7 Å². The Kier molecular flexibility index (Phi) is 9.33. The Bertz CT molecular complexity index is 1170. The lowest BCUT2D eigenvalue weighted by Crippen LogP contribution is -2.29. The van der Waals surface area contributed by atoms with Gasteiger partial charge in [0.15, 0.2) is 11.5 Å². The normalized spacial score (nSPS) is 12.8. The highest BCUT2D eigenvalue weighted by Gasteiger charge is 2.28. The zero-order valence-corrected chi connectivity index (χ0v) is 21.3. The number of carboxylic acid groups (broad SMARTS) is 1. The number of rotatable bonds is 13. The third-order valence-corrected chi connectivity index (χ3v) is 6.41. The number of carbonyl (C=O) groups is 2. The van der Waals surface area contributed by atoms with Crippen LogP contribution in [0.4, 0.5) is 10.1 Å². The number of halogens is 1. The number of methoxy groups -OCH3 is 1. The summed E-state index contributed by atoms with van der Waals surface area (Å²) in [5.41, 5.74) is 1.82. The molecule has 8 heteroatoms. The molecule has 2 aromatic carbocycles. The molecule has 0 bridgehead atoms. The van der Waals surface area contributed by atoms with Crippen molar-refractivity contribution in [2.24, 2.45) is 5.92 Å². The number of benzene rings is 2. The molecule has 1 aromatic heterocycles. The minimum Gasteiger partial charge on any atom is -0.492 e. The van der Waals surface area contributed by atoms with Gasteiger partial charge in [-0.15, -0.1) is 0 Å². The van der Waals surface area contributed by atoms with E-state index in [9.17, 15) is 14.0 Å². The fourth-order valence-electron chi connectivity index (χ4n) is 4.30. The second-order valence-electron chi connectivity index (χ2n) is 9.18. The van der Waals surface area contributed by atoms with Crippen molar-refractivity contribution in [1.29, 1.82) is 0 Å². The van der Waals surface area contributed by atoms with E-state index in [-0.39, 0.29) is 36.6 Å². The first-order valence-electron chi connectivity index (χ1n) is 12.3. The molecule has 0 saturated heterocycles. The highest BCUT2D eigenvalue weighted by Crippen LogP contribution is 2.42. The summed E-state index contributed by atoms with van der Waals surface area (Å²) in [5, 5.41) is 13.0. The number of hydrogen-bond donors (Lipinski definition) is 2. The van der Waals surface area contributed by atoms with Gasteiger partial charge in [-0.1, -0.05) is 33.1 Å². The predicted molar refractivity (Wildman–Crippen MR) is 138 cm³/mol. The minimum atomic E-state index is -0.947. The van der Waals surface area contributed by atoms with Crippen LogP contribution >= 0.6 is 0 Å². The van der Waals surface area contributed by atoms with Crippen LogP contribution < -0.4 is 10.1 Å². The number of unbranched alkanes of at least 4 members (excludes halogenated alkanes) is 2. The van der Waals surface area contributed by atoms with E-state index in [1.807, 2.05) is 12.1 Å². The number of nitrogens with zero attached hydrogens (tertiary/aromatic N) is 1. The summed E-state index contributed by atoms with van der Waals surface area (Å²) in [5.74, 6) is -0.251. The van der Waals surface area contributed by atoms with E-state index in [1.54, 1.807) is 32.4 Å². The van der Waals surface area contributed by atoms with Crippen molar-refractivity contribution in [2.45, 2.75) is 52.0 Å². The maximum absolute atomic E-state index is 13.9. The maximum Gasteiger partial charge on any atom is 0.305 e. The minimum absolute atomic E-state index is 0.108. The van der Waals surface area contributed by atoms with Crippen LogP contribution in [-0.2, 0) is 4.79 Å². The molecule has 0 fully saturated rings. The first kappa shape index (κ1) is 27.0. The van der Waals surface area contributed by atoms with E-state index in [2.05, 4.69) is 19.2 Å². The molecule has 2 N–H and O–H groups in total. The Morgan fingerprint density at radius 1 is 1.17 bits per heavy atom. The van der Waals surface area contributed by atoms with Gasteiger partial charge in [0.1, 0.15) is 11.4 Å². The van der Waals surface area contributed by atoms with Crippen LogP contribution in [0.15, 0.2) is 46.9 Å². The smallest absolute Gasteiger partial charge is 0.305 e. The third-order valence-electron chi connectivity index (χ3n) is 6.41. The van der Waals surface area contributed by atoms with Crippen molar-refractivity contribution >= 4 is 28.5 Å². The largest absolute Gasteiger partial charge is 0.492 e. The monoisotopic (exact) mass is 498 g/mol. The molecule has 2 unspecified atom stereocenters. The molecule has 2 atom stereocenters. The highest BCUT2D eigenvalue weighted by atomic mass is 19.1. The Labute approximate surface area is 211 Å². The van der Waals surface area contributed by atoms with E-state index in [1.165, 1.54) is 17.0 Å².